The molecule has 7 heteroatoms. The van der Waals surface area contributed by atoms with Gasteiger partial charge in [0.2, 0.25) is 0 Å². The van der Waals surface area contributed by atoms with Gasteiger partial charge in [-0.3, -0.25) is 9.98 Å². The Kier molecular flexibility index (Phi) is 7.37. The molecule has 0 atom stereocenters. The highest BCUT2D eigenvalue weighted by Crippen LogP contribution is 2.33. The summed E-state index contributed by atoms with van der Waals surface area (Å²) in [7, 11) is 0. The lowest BCUT2D eigenvalue weighted by Gasteiger charge is -2.32. The van der Waals surface area contributed by atoms with Gasteiger partial charge in [-0.15, -0.1) is 0 Å². The number of nitrogens with one attached hydrogen (secondary N) is 1. The van der Waals surface area contributed by atoms with E-state index in [-0.39, 0.29) is 6.10 Å². The maximum absolute atomic E-state index is 6.52. The molecule has 1 aromatic carbocycles. The van der Waals surface area contributed by atoms with E-state index in [1.54, 1.807) is 12.4 Å². The molecule has 0 radical (unpaired) electrons. The van der Waals surface area contributed by atoms with Gasteiger partial charge in [0.25, 0.3) is 0 Å². The molecule has 1 aliphatic heterocycles. The molecule has 0 unspecified atom stereocenters. The molecule has 1 saturated heterocycles. The summed E-state index contributed by atoms with van der Waals surface area (Å²) in [5.41, 5.74) is 4.84. The predicted octanol–water partition coefficient (Wildman–Crippen LogP) is 4.25. The molecule has 0 spiro atoms. The number of anilines is 1. The van der Waals surface area contributed by atoms with Gasteiger partial charge in [-0.2, -0.15) is 0 Å². The van der Waals surface area contributed by atoms with Crippen molar-refractivity contribution in [3.05, 3.63) is 48.1 Å². The van der Waals surface area contributed by atoms with Crippen LogP contribution in [0, 0.1) is 0 Å². The van der Waals surface area contributed by atoms with Crippen LogP contribution in [-0.4, -0.2) is 55.1 Å². The van der Waals surface area contributed by atoms with Crippen LogP contribution in [0.4, 0.5) is 5.69 Å². The number of aromatic nitrogens is 2. The van der Waals surface area contributed by atoms with E-state index in [1.807, 2.05) is 19.9 Å². The highest BCUT2D eigenvalue weighted by Gasteiger charge is 2.24. The van der Waals surface area contributed by atoms with Crippen molar-refractivity contribution < 1.29 is 9.47 Å². The first kappa shape index (κ1) is 22.3. The number of nitrogens with zero attached hydrogens (tertiary/aromatic N) is 4. The van der Waals surface area contributed by atoms with E-state index < -0.39 is 0 Å². The summed E-state index contributed by atoms with van der Waals surface area (Å²) in [6.07, 6.45) is 11.9. The van der Waals surface area contributed by atoms with Crippen LogP contribution in [-0.2, 0) is 4.74 Å². The number of ether oxygens (including phenoxy) is 2. The smallest absolute Gasteiger partial charge is 0.149 e. The van der Waals surface area contributed by atoms with Crippen molar-refractivity contribution in [3.8, 4) is 5.75 Å². The topological polar surface area (TPSA) is 71.9 Å². The summed E-state index contributed by atoms with van der Waals surface area (Å²) in [4.78, 5) is 15.4. The number of hydrogen-bond donors (Lipinski definition) is 1. The van der Waals surface area contributed by atoms with E-state index in [0.717, 1.165) is 85.9 Å². The maximum atomic E-state index is 6.52. The fourth-order valence-electron chi connectivity index (χ4n) is 4.34. The molecule has 2 fully saturated rings. The van der Waals surface area contributed by atoms with Crippen molar-refractivity contribution in [2.24, 2.45) is 4.99 Å². The quantitative estimate of drug-likeness (QED) is 0.518. The number of benzene rings is 1. The molecule has 4 rings (SSSR count). The van der Waals surface area contributed by atoms with Gasteiger partial charge in [0.1, 0.15) is 11.3 Å². The summed E-state index contributed by atoms with van der Waals surface area (Å²) < 4.78 is 12.0. The summed E-state index contributed by atoms with van der Waals surface area (Å²) in [6, 6.07) is 4.67. The SMILES string of the molecule is C=N/C(C)=C\C(=C/C)N[C@H]1CC[C@@H](Oc2cc(N3CCOCC3)cc3nccnc23)CC1. The molecule has 1 aliphatic carbocycles. The minimum atomic E-state index is 0.180. The Morgan fingerprint density at radius 2 is 1.94 bits per heavy atom. The normalized spacial score (nSPS) is 22.6. The molecule has 1 saturated carbocycles. The van der Waals surface area contributed by atoms with Crippen LogP contribution in [0.25, 0.3) is 11.0 Å². The Morgan fingerprint density at radius 3 is 2.66 bits per heavy atom. The van der Waals surface area contributed by atoms with Gasteiger partial charge in [-0.05, 0) is 58.4 Å². The first-order valence-corrected chi connectivity index (χ1v) is 11.5. The minimum Gasteiger partial charge on any atom is -0.488 e. The van der Waals surface area contributed by atoms with Crippen molar-refractivity contribution in [1.29, 1.82) is 0 Å². The summed E-state index contributed by atoms with van der Waals surface area (Å²) in [5, 5.41) is 3.64. The van der Waals surface area contributed by atoms with E-state index >= 15 is 0 Å². The number of morpholine rings is 1. The van der Waals surface area contributed by atoms with Crippen molar-refractivity contribution in [2.75, 3.05) is 31.2 Å². The van der Waals surface area contributed by atoms with Gasteiger partial charge in [0.15, 0.2) is 0 Å². The van der Waals surface area contributed by atoms with Crippen LogP contribution in [0.15, 0.2) is 53.1 Å². The lowest BCUT2D eigenvalue weighted by Crippen LogP contribution is -2.36. The van der Waals surface area contributed by atoms with E-state index in [9.17, 15) is 0 Å². The average Bonchev–Trinajstić information content (AvgIpc) is 2.85. The summed E-state index contributed by atoms with van der Waals surface area (Å²) in [6.45, 7) is 10.8. The zero-order valence-corrected chi connectivity index (χ0v) is 19.1. The van der Waals surface area contributed by atoms with Gasteiger partial charge >= 0.3 is 0 Å². The van der Waals surface area contributed by atoms with Crippen molar-refractivity contribution in [1.82, 2.24) is 15.3 Å². The number of aliphatic imine (C=N–C) groups is 1. The molecule has 0 amide bonds. The largest absolute Gasteiger partial charge is 0.488 e. The summed E-state index contributed by atoms with van der Waals surface area (Å²) in [5.74, 6) is 0.832. The Hall–Kier alpha value is -2.93. The first-order valence-electron chi connectivity index (χ1n) is 11.5. The van der Waals surface area contributed by atoms with E-state index in [0.29, 0.717) is 6.04 Å². The van der Waals surface area contributed by atoms with Gasteiger partial charge in [-0.25, -0.2) is 4.98 Å². The van der Waals surface area contributed by atoms with Crippen molar-refractivity contribution in [2.45, 2.75) is 51.7 Å². The highest BCUT2D eigenvalue weighted by atomic mass is 16.5. The number of rotatable bonds is 7. The molecule has 0 bridgehead atoms. The van der Waals surface area contributed by atoms with Gasteiger partial charge < -0.3 is 19.7 Å². The zero-order chi connectivity index (χ0) is 22.3. The maximum Gasteiger partial charge on any atom is 0.149 e. The molecule has 32 heavy (non-hydrogen) atoms. The lowest BCUT2D eigenvalue weighted by molar-refractivity contribution is 0.122. The average molecular weight is 436 g/mol. The Labute approximate surface area is 190 Å². The molecular weight excluding hydrogens is 402 g/mol. The molecule has 1 N–H and O–H groups in total. The van der Waals surface area contributed by atoms with Crippen LogP contribution in [0.5, 0.6) is 5.75 Å². The predicted molar refractivity (Wildman–Crippen MR) is 129 cm³/mol. The van der Waals surface area contributed by atoms with Crippen molar-refractivity contribution >= 4 is 23.4 Å². The molecular formula is C25H33N5O2. The van der Waals surface area contributed by atoms with Crippen LogP contribution in [0.3, 0.4) is 0 Å². The van der Waals surface area contributed by atoms with Crippen LogP contribution in [0.2, 0.25) is 0 Å². The second-order valence-electron chi connectivity index (χ2n) is 8.39. The third-order valence-electron chi connectivity index (χ3n) is 6.16. The minimum absolute atomic E-state index is 0.180. The number of fused-ring (bicyclic) bond motifs is 1. The van der Waals surface area contributed by atoms with Gasteiger partial charge in [0.05, 0.1) is 24.8 Å². The monoisotopic (exact) mass is 435 g/mol. The standard InChI is InChI=1S/C25H33N5O2/c1-4-19(15-18(2)26-3)29-20-5-7-22(8-6-20)32-24-17-21(30-11-13-31-14-12-30)16-23-25(24)28-10-9-27-23/h4,9-10,15-17,20,22,29H,3,5-8,11-14H2,1-2H3/b18-15-,19-4+/t20-,22+. The van der Waals surface area contributed by atoms with Crippen LogP contribution in [0.1, 0.15) is 39.5 Å². The zero-order valence-electron chi connectivity index (χ0n) is 19.1. The van der Waals surface area contributed by atoms with E-state index in [1.165, 1.54) is 0 Å². The second kappa shape index (κ2) is 10.6. The number of hydrogen-bond acceptors (Lipinski definition) is 7. The third kappa shape index (κ3) is 5.46. The van der Waals surface area contributed by atoms with Gasteiger partial charge in [0, 0.05) is 54.7 Å². The Bertz CT molecular complexity index is 989. The lowest BCUT2D eigenvalue weighted by atomic mass is 9.92. The Balaban J connectivity index is 1.43. The molecule has 1 aromatic heterocycles. The van der Waals surface area contributed by atoms with Gasteiger partial charge in [-0.1, -0.05) is 6.08 Å². The summed E-state index contributed by atoms with van der Waals surface area (Å²) >= 11 is 0. The third-order valence-corrected chi connectivity index (χ3v) is 6.16. The second-order valence-corrected chi connectivity index (χ2v) is 8.39. The highest BCUT2D eigenvalue weighted by molar-refractivity contribution is 5.85. The molecule has 2 aromatic rings. The van der Waals surface area contributed by atoms with Crippen LogP contribution >= 0.6 is 0 Å². The molecule has 2 aliphatic rings. The molecule has 170 valence electrons. The Morgan fingerprint density at radius 1 is 1.19 bits per heavy atom. The van der Waals surface area contributed by atoms with Crippen molar-refractivity contribution in [3.63, 3.8) is 0 Å². The molecule has 2 heterocycles. The molecule has 7 nitrogen and oxygen atoms in total. The van der Waals surface area contributed by atoms with E-state index in [2.05, 4.69) is 50.1 Å². The fraction of sp³-hybridized carbons (Fsp3) is 0.480. The van der Waals surface area contributed by atoms with E-state index in [4.69, 9.17) is 9.47 Å². The first-order chi connectivity index (χ1) is 15.7. The fourth-order valence-corrected chi connectivity index (χ4v) is 4.34. The number of allylic oxidation sites excluding steroid dienone is 3. The van der Waals surface area contributed by atoms with Crippen LogP contribution < -0.4 is 15.0 Å².